The van der Waals surface area contributed by atoms with Gasteiger partial charge >= 0.3 is 0 Å². The number of allylic oxidation sites excluding steroid dienone is 7. The van der Waals surface area contributed by atoms with Crippen molar-refractivity contribution in [2.24, 2.45) is 21.8 Å². The Morgan fingerprint density at radius 3 is 2.18 bits per heavy atom. The first kappa shape index (κ1) is 31.0. The summed E-state index contributed by atoms with van der Waals surface area (Å²) in [5.74, 6) is 1.88. The molecule has 2 atom stereocenters. The summed E-state index contributed by atoms with van der Waals surface area (Å²) in [6.45, 7) is 0. The van der Waals surface area contributed by atoms with Crippen LogP contribution in [0.4, 0.5) is 0 Å². The van der Waals surface area contributed by atoms with Gasteiger partial charge in [0.25, 0.3) is 0 Å². The van der Waals surface area contributed by atoms with Crippen molar-refractivity contribution >= 4 is 50.6 Å². The molecule has 6 aromatic rings. The van der Waals surface area contributed by atoms with E-state index >= 15 is 0 Å². The summed E-state index contributed by atoms with van der Waals surface area (Å²) in [6, 6.07) is 41.3. The number of amidine groups is 2. The van der Waals surface area contributed by atoms with Gasteiger partial charge in [0.05, 0.1) is 0 Å². The largest absolute Gasteiger partial charge is 0.283 e. The summed E-state index contributed by atoms with van der Waals surface area (Å²) in [5.41, 5.74) is 6.05. The highest BCUT2D eigenvalue weighted by molar-refractivity contribution is 6.15. The van der Waals surface area contributed by atoms with Gasteiger partial charge < -0.3 is 0 Å². The molecule has 1 heterocycles. The van der Waals surface area contributed by atoms with Crippen molar-refractivity contribution in [2.75, 3.05) is 0 Å². The summed E-state index contributed by atoms with van der Waals surface area (Å²) in [4.78, 5) is 18.6. The fourth-order valence-electron chi connectivity index (χ4n) is 6.91. The van der Waals surface area contributed by atoms with E-state index in [1.54, 1.807) is 12.4 Å². The lowest BCUT2D eigenvalue weighted by atomic mass is 9.76. The molecule has 0 radical (unpaired) electrons. The van der Waals surface area contributed by atoms with Crippen LogP contribution >= 0.6 is 0 Å². The number of nitrogens with zero attached hydrogens (tertiary/aromatic N) is 4. The molecule has 0 spiro atoms. The van der Waals surface area contributed by atoms with Crippen LogP contribution in [-0.4, -0.2) is 27.9 Å². The summed E-state index contributed by atoms with van der Waals surface area (Å²) in [7, 11) is 0. The van der Waals surface area contributed by atoms with E-state index in [0.29, 0.717) is 12.3 Å². The molecule has 2 aliphatic rings. The summed E-state index contributed by atoms with van der Waals surface area (Å²) < 4.78 is 0. The molecule has 0 fully saturated rings. The van der Waals surface area contributed by atoms with Gasteiger partial charge in [-0.15, -0.1) is 0 Å². The smallest absolute Gasteiger partial charge is 0.161 e. The van der Waals surface area contributed by atoms with Crippen LogP contribution in [0, 0.1) is 17.2 Å². The average molecular weight is 646 g/mol. The number of fused-ring (bicyclic) bond motifs is 3. The molecule has 5 heteroatoms. The van der Waals surface area contributed by atoms with E-state index in [9.17, 15) is 5.41 Å². The quantitative estimate of drug-likeness (QED) is 0.111. The Labute approximate surface area is 292 Å². The molecule has 240 valence electrons. The number of aromatic nitrogens is 2. The number of aliphatic imine (C=N–C) groups is 2. The standard InChI is InChI=1S/C45H35N5/c46-43(50-45(33-14-5-2-6-15-33)49-30-31-12-3-1-4-13-31)38-27-36(32-20-22-34(23-21-32)44-47-24-11-25-48-44)26-37(28-38)42-29-35-16-7-8-17-39(35)40-18-9-10-19-41(40)42/h1-20,22-26,28-30,32,36,46H,21,27H2. The van der Waals surface area contributed by atoms with Gasteiger partial charge in [0.2, 0.25) is 0 Å². The van der Waals surface area contributed by atoms with Crippen LogP contribution in [0.15, 0.2) is 180 Å². The van der Waals surface area contributed by atoms with E-state index in [0.717, 1.165) is 45.7 Å². The average Bonchev–Trinajstić information content (AvgIpc) is 3.20. The van der Waals surface area contributed by atoms with Crippen molar-refractivity contribution in [3.05, 3.63) is 192 Å². The number of hydrogen-bond acceptors (Lipinski definition) is 3. The van der Waals surface area contributed by atoms with Gasteiger partial charge in [-0.05, 0) is 86.7 Å². The molecule has 2 aliphatic carbocycles. The van der Waals surface area contributed by atoms with Gasteiger partial charge in [-0.25, -0.2) is 20.0 Å². The molecule has 0 saturated heterocycles. The summed E-state index contributed by atoms with van der Waals surface area (Å²) in [6.07, 6.45) is 18.2. The Bertz CT molecular complexity index is 2380. The molecule has 0 amide bonds. The molecule has 1 aromatic heterocycles. The normalized spacial score (nSPS) is 17.8. The molecule has 50 heavy (non-hydrogen) atoms. The zero-order chi connectivity index (χ0) is 33.7. The van der Waals surface area contributed by atoms with Crippen LogP contribution < -0.4 is 0 Å². The fourth-order valence-corrected chi connectivity index (χ4v) is 6.91. The number of rotatable bonds is 6. The Morgan fingerprint density at radius 1 is 0.720 bits per heavy atom. The van der Waals surface area contributed by atoms with Gasteiger partial charge in [0.1, 0.15) is 5.84 Å². The molecule has 0 saturated carbocycles. The van der Waals surface area contributed by atoms with E-state index < -0.39 is 0 Å². The highest BCUT2D eigenvalue weighted by atomic mass is 15.0. The van der Waals surface area contributed by atoms with Crippen molar-refractivity contribution < 1.29 is 0 Å². The van der Waals surface area contributed by atoms with E-state index in [4.69, 9.17) is 9.98 Å². The van der Waals surface area contributed by atoms with E-state index in [-0.39, 0.29) is 17.7 Å². The first-order chi connectivity index (χ1) is 24.7. The third kappa shape index (κ3) is 6.54. The minimum Gasteiger partial charge on any atom is -0.283 e. The zero-order valence-corrected chi connectivity index (χ0v) is 27.5. The van der Waals surface area contributed by atoms with Crippen molar-refractivity contribution in [1.29, 1.82) is 5.41 Å². The third-order valence-corrected chi connectivity index (χ3v) is 9.45. The first-order valence-electron chi connectivity index (χ1n) is 17.0. The fraction of sp³-hybridized carbons (Fsp3) is 0.0889. The predicted molar refractivity (Wildman–Crippen MR) is 208 cm³/mol. The second-order valence-electron chi connectivity index (χ2n) is 12.7. The van der Waals surface area contributed by atoms with Crippen molar-refractivity contribution in [2.45, 2.75) is 12.8 Å². The third-order valence-electron chi connectivity index (χ3n) is 9.45. The molecule has 2 unspecified atom stereocenters. The van der Waals surface area contributed by atoms with Gasteiger partial charge in [0.15, 0.2) is 11.7 Å². The van der Waals surface area contributed by atoms with Crippen LogP contribution in [0.3, 0.4) is 0 Å². The lowest BCUT2D eigenvalue weighted by Crippen LogP contribution is -2.19. The van der Waals surface area contributed by atoms with Gasteiger partial charge in [-0.2, -0.15) is 0 Å². The first-order valence-corrected chi connectivity index (χ1v) is 17.0. The lowest BCUT2D eigenvalue weighted by molar-refractivity contribution is 0.475. The van der Waals surface area contributed by atoms with Crippen molar-refractivity contribution in [3.63, 3.8) is 0 Å². The maximum atomic E-state index is 9.44. The van der Waals surface area contributed by atoms with Gasteiger partial charge in [-0.3, -0.25) is 5.41 Å². The van der Waals surface area contributed by atoms with E-state index in [1.807, 2.05) is 72.9 Å². The minimum absolute atomic E-state index is 0.157. The Balaban J connectivity index is 1.21. The van der Waals surface area contributed by atoms with Crippen molar-refractivity contribution in [3.8, 4) is 0 Å². The monoisotopic (exact) mass is 645 g/mol. The highest BCUT2D eigenvalue weighted by Crippen LogP contribution is 2.41. The van der Waals surface area contributed by atoms with Crippen LogP contribution in [0.5, 0.6) is 0 Å². The van der Waals surface area contributed by atoms with Gasteiger partial charge in [0, 0.05) is 29.7 Å². The Morgan fingerprint density at radius 2 is 1.42 bits per heavy atom. The van der Waals surface area contributed by atoms with E-state index in [1.165, 1.54) is 21.5 Å². The highest BCUT2D eigenvalue weighted by Gasteiger charge is 2.27. The minimum atomic E-state index is 0.157. The molecule has 1 N–H and O–H groups in total. The van der Waals surface area contributed by atoms with Gasteiger partial charge in [-0.1, -0.05) is 133 Å². The molecule has 0 bridgehead atoms. The molecule has 5 nitrogen and oxygen atoms in total. The van der Waals surface area contributed by atoms with Crippen LogP contribution in [0.25, 0.3) is 32.7 Å². The van der Waals surface area contributed by atoms with Crippen LogP contribution in [0.2, 0.25) is 0 Å². The Hall–Kier alpha value is -6.33. The lowest BCUT2D eigenvalue weighted by Gasteiger charge is -2.29. The summed E-state index contributed by atoms with van der Waals surface area (Å²) in [5, 5.41) is 14.3. The zero-order valence-electron chi connectivity index (χ0n) is 27.5. The second-order valence-corrected chi connectivity index (χ2v) is 12.7. The Kier molecular flexibility index (Phi) is 8.69. The number of benzene rings is 5. The maximum Gasteiger partial charge on any atom is 0.161 e. The molecule has 5 aromatic carbocycles. The second kappa shape index (κ2) is 14.0. The van der Waals surface area contributed by atoms with Crippen molar-refractivity contribution in [1.82, 2.24) is 9.97 Å². The van der Waals surface area contributed by atoms with Crippen LogP contribution in [0.1, 0.15) is 35.4 Å². The topological polar surface area (TPSA) is 74.3 Å². The number of nitrogens with one attached hydrogen (secondary N) is 1. The number of hydrogen-bond donors (Lipinski definition) is 1. The molecular weight excluding hydrogens is 611 g/mol. The molecular formula is C45H35N5. The maximum absolute atomic E-state index is 9.44. The SMILES string of the molecule is N=C(N=C(N=Cc1ccccc1)c1ccccc1)C1=CC(c2cc3ccccc3c3ccccc23)=CC(C2C=CC(c3ncccn3)=CC2)C1. The van der Waals surface area contributed by atoms with E-state index in [2.05, 4.69) is 94.9 Å². The molecule has 0 aliphatic heterocycles. The molecule has 8 rings (SSSR count). The predicted octanol–water partition coefficient (Wildman–Crippen LogP) is 10.3. The summed E-state index contributed by atoms with van der Waals surface area (Å²) >= 11 is 0. The van der Waals surface area contributed by atoms with Crippen LogP contribution in [-0.2, 0) is 0 Å².